The van der Waals surface area contributed by atoms with E-state index in [4.69, 9.17) is 4.74 Å². The Morgan fingerprint density at radius 1 is 1.26 bits per heavy atom. The maximum atomic E-state index is 13.2. The first kappa shape index (κ1) is 16.5. The Bertz CT molecular complexity index is 598. The van der Waals surface area contributed by atoms with Crippen LogP contribution in [-0.4, -0.2) is 38.3 Å². The highest BCUT2D eigenvalue weighted by molar-refractivity contribution is 6.01. The van der Waals surface area contributed by atoms with Crippen LogP contribution in [0, 0.1) is 0 Å². The number of rotatable bonds is 2. The third kappa shape index (κ3) is 2.90. The van der Waals surface area contributed by atoms with E-state index in [0.717, 1.165) is 44.6 Å². The molecule has 0 aliphatic carbocycles. The van der Waals surface area contributed by atoms with Gasteiger partial charge in [0.15, 0.2) is 0 Å². The van der Waals surface area contributed by atoms with Gasteiger partial charge in [-0.15, -0.1) is 0 Å². The standard InChI is InChI=1S/C19H28N2O2/c1-18(2,3)15-5-6-16-14(13-15)7-12-21(16)17(22)19(23-4)8-10-20-11-9-19/h5-6,13,20H,7-12H2,1-4H3. The van der Waals surface area contributed by atoms with E-state index in [1.165, 1.54) is 11.1 Å². The number of amides is 1. The smallest absolute Gasteiger partial charge is 0.259 e. The van der Waals surface area contributed by atoms with Crippen LogP contribution in [0.3, 0.4) is 0 Å². The summed E-state index contributed by atoms with van der Waals surface area (Å²) in [6.07, 6.45) is 2.42. The second-order valence-electron chi connectivity index (χ2n) is 7.75. The highest BCUT2D eigenvalue weighted by Crippen LogP contribution is 2.36. The third-order valence-electron chi connectivity index (χ3n) is 5.28. The fraction of sp³-hybridized carbons (Fsp3) is 0.632. The molecule has 4 nitrogen and oxygen atoms in total. The van der Waals surface area contributed by atoms with Crippen molar-refractivity contribution >= 4 is 11.6 Å². The summed E-state index contributed by atoms with van der Waals surface area (Å²) in [7, 11) is 1.67. The van der Waals surface area contributed by atoms with E-state index >= 15 is 0 Å². The Labute approximate surface area is 139 Å². The van der Waals surface area contributed by atoms with Gasteiger partial charge in [-0.3, -0.25) is 4.79 Å². The molecule has 0 aromatic heterocycles. The van der Waals surface area contributed by atoms with Crippen molar-refractivity contribution in [3.8, 4) is 0 Å². The lowest BCUT2D eigenvalue weighted by atomic mass is 9.86. The van der Waals surface area contributed by atoms with Crippen LogP contribution in [0.1, 0.15) is 44.7 Å². The highest BCUT2D eigenvalue weighted by Gasteiger charge is 2.44. The summed E-state index contributed by atoms with van der Waals surface area (Å²) >= 11 is 0. The molecule has 1 amide bonds. The molecule has 0 saturated carbocycles. The van der Waals surface area contributed by atoms with Gasteiger partial charge in [0, 0.05) is 19.3 Å². The van der Waals surface area contributed by atoms with Gasteiger partial charge in [0.05, 0.1) is 0 Å². The molecule has 2 aliphatic rings. The molecule has 1 aromatic carbocycles. The second kappa shape index (κ2) is 5.91. The van der Waals surface area contributed by atoms with Crippen LogP contribution >= 0.6 is 0 Å². The van der Waals surface area contributed by atoms with Gasteiger partial charge in [-0.25, -0.2) is 0 Å². The van der Waals surface area contributed by atoms with Crippen molar-refractivity contribution in [2.45, 2.75) is 51.0 Å². The summed E-state index contributed by atoms with van der Waals surface area (Å²) in [6, 6.07) is 6.54. The van der Waals surface area contributed by atoms with E-state index < -0.39 is 5.60 Å². The summed E-state index contributed by atoms with van der Waals surface area (Å²) in [4.78, 5) is 15.1. The second-order valence-corrected chi connectivity index (χ2v) is 7.75. The van der Waals surface area contributed by atoms with Gasteiger partial charge >= 0.3 is 0 Å². The number of benzene rings is 1. The molecular formula is C19H28N2O2. The number of ether oxygens (including phenoxy) is 1. The minimum Gasteiger partial charge on any atom is -0.368 e. The molecule has 2 heterocycles. The van der Waals surface area contributed by atoms with Gasteiger partial charge in [0.2, 0.25) is 0 Å². The Morgan fingerprint density at radius 2 is 1.96 bits per heavy atom. The summed E-state index contributed by atoms with van der Waals surface area (Å²) in [5.74, 6) is 0.128. The fourth-order valence-electron chi connectivity index (χ4n) is 3.66. The number of carbonyl (C=O) groups is 1. The van der Waals surface area contributed by atoms with Crippen molar-refractivity contribution in [1.82, 2.24) is 5.32 Å². The molecule has 0 bridgehead atoms. The van der Waals surface area contributed by atoms with E-state index in [1.807, 2.05) is 4.90 Å². The average molecular weight is 316 g/mol. The molecule has 126 valence electrons. The highest BCUT2D eigenvalue weighted by atomic mass is 16.5. The molecule has 3 rings (SSSR count). The van der Waals surface area contributed by atoms with E-state index in [-0.39, 0.29) is 11.3 Å². The maximum absolute atomic E-state index is 13.2. The molecule has 4 heteroatoms. The Kier molecular flexibility index (Phi) is 4.23. The largest absolute Gasteiger partial charge is 0.368 e. The Morgan fingerprint density at radius 3 is 2.57 bits per heavy atom. The van der Waals surface area contributed by atoms with Gasteiger partial charge in [-0.05, 0) is 55.0 Å². The molecule has 1 N–H and O–H groups in total. The van der Waals surface area contributed by atoms with Crippen LogP contribution < -0.4 is 10.2 Å². The number of nitrogens with one attached hydrogen (secondary N) is 1. The topological polar surface area (TPSA) is 41.6 Å². The number of methoxy groups -OCH3 is 1. The monoisotopic (exact) mass is 316 g/mol. The van der Waals surface area contributed by atoms with Crippen molar-refractivity contribution in [2.75, 3.05) is 31.6 Å². The first-order chi connectivity index (χ1) is 10.9. The zero-order valence-corrected chi connectivity index (χ0v) is 14.7. The summed E-state index contributed by atoms with van der Waals surface area (Å²) in [5, 5.41) is 3.31. The predicted octanol–water partition coefficient (Wildman–Crippen LogP) is 2.64. The number of hydrogen-bond donors (Lipinski definition) is 1. The van der Waals surface area contributed by atoms with Crippen LogP contribution in [0.5, 0.6) is 0 Å². The minimum atomic E-state index is -0.657. The first-order valence-electron chi connectivity index (χ1n) is 8.59. The molecule has 1 saturated heterocycles. The maximum Gasteiger partial charge on any atom is 0.259 e. The van der Waals surface area contributed by atoms with Crippen molar-refractivity contribution in [3.05, 3.63) is 29.3 Å². The summed E-state index contributed by atoms with van der Waals surface area (Å²) in [6.45, 7) is 9.11. The van der Waals surface area contributed by atoms with E-state index in [2.05, 4.69) is 44.3 Å². The van der Waals surface area contributed by atoms with Crippen LogP contribution in [0.15, 0.2) is 18.2 Å². The zero-order valence-electron chi connectivity index (χ0n) is 14.7. The molecule has 0 radical (unpaired) electrons. The van der Waals surface area contributed by atoms with Gasteiger partial charge < -0.3 is 15.0 Å². The number of fused-ring (bicyclic) bond motifs is 1. The molecule has 1 fully saturated rings. The van der Waals surface area contributed by atoms with Crippen LogP contribution in [0.4, 0.5) is 5.69 Å². The fourth-order valence-corrected chi connectivity index (χ4v) is 3.66. The molecule has 0 unspecified atom stereocenters. The lowest BCUT2D eigenvalue weighted by molar-refractivity contribution is -0.143. The van der Waals surface area contributed by atoms with Crippen molar-refractivity contribution in [2.24, 2.45) is 0 Å². The van der Waals surface area contributed by atoms with Gasteiger partial charge in [0.25, 0.3) is 5.91 Å². The van der Waals surface area contributed by atoms with Crippen LogP contribution in [0.2, 0.25) is 0 Å². The Hall–Kier alpha value is -1.39. The zero-order chi connectivity index (χ0) is 16.7. The lowest BCUT2D eigenvalue weighted by Gasteiger charge is -2.37. The average Bonchev–Trinajstić information content (AvgIpc) is 2.97. The molecule has 2 aliphatic heterocycles. The molecule has 0 atom stereocenters. The van der Waals surface area contributed by atoms with Crippen molar-refractivity contribution in [1.29, 1.82) is 0 Å². The van der Waals surface area contributed by atoms with Crippen molar-refractivity contribution < 1.29 is 9.53 Å². The van der Waals surface area contributed by atoms with E-state index in [0.29, 0.717) is 0 Å². The SMILES string of the molecule is COC1(C(=O)N2CCc3cc(C(C)(C)C)ccc32)CCNCC1. The molecule has 23 heavy (non-hydrogen) atoms. The minimum absolute atomic E-state index is 0.128. The lowest BCUT2D eigenvalue weighted by Crippen LogP contribution is -2.55. The third-order valence-corrected chi connectivity index (χ3v) is 5.28. The number of nitrogens with zero attached hydrogens (tertiary/aromatic N) is 1. The molecule has 1 aromatic rings. The van der Waals surface area contributed by atoms with Gasteiger partial charge in [-0.2, -0.15) is 0 Å². The van der Waals surface area contributed by atoms with Gasteiger partial charge in [0.1, 0.15) is 5.60 Å². The molecular weight excluding hydrogens is 288 g/mol. The van der Waals surface area contributed by atoms with Gasteiger partial charge in [-0.1, -0.05) is 32.9 Å². The normalized spacial score (nSPS) is 20.4. The predicted molar refractivity (Wildman–Crippen MR) is 93.0 cm³/mol. The van der Waals surface area contributed by atoms with Crippen molar-refractivity contribution in [3.63, 3.8) is 0 Å². The van der Waals surface area contributed by atoms with E-state index in [1.54, 1.807) is 7.11 Å². The first-order valence-corrected chi connectivity index (χ1v) is 8.59. The number of carbonyl (C=O) groups excluding carboxylic acids is 1. The molecule has 0 spiro atoms. The van der Waals surface area contributed by atoms with E-state index in [9.17, 15) is 4.79 Å². The number of piperidine rings is 1. The Balaban J connectivity index is 1.88. The summed E-state index contributed by atoms with van der Waals surface area (Å²) in [5.41, 5.74) is 3.16. The number of anilines is 1. The summed E-state index contributed by atoms with van der Waals surface area (Å²) < 4.78 is 5.71. The van der Waals surface area contributed by atoms with Crippen LogP contribution in [-0.2, 0) is 21.4 Å². The number of hydrogen-bond acceptors (Lipinski definition) is 3. The quantitative estimate of drug-likeness (QED) is 0.912. The van der Waals surface area contributed by atoms with Crippen LogP contribution in [0.25, 0.3) is 0 Å².